The molecule has 4 heteroatoms. The van der Waals surface area contributed by atoms with Gasteiger partial charge in [-0.1, -0.05) is 24.4 Å². The number of thiocarbonyl (C=S) groups is 1. The lowest BCUT2D eigenvalue weighted by molar-refractivity contribution is 0.162. The molecule has 2 aliphatic rings. The molecule has 0 spiro atoms. The average Bonchev–Trinajstić information content (AvgIpc) is 2.93. The van der Waals surface area contributed by atoms with Gasteiger partial charge in [-0.2, -0.15) is 0 Å². The number of nitrogens with two attached hydrogens (primary N) is 1. The Morgan fingerprint density at radius 1 is 1.50 bits per heavy atom. The molecule has 3 N–H and O–H groups in total. The molecule has 2 fully saturated rings. The van der Waals surface area contributed by atoms with Crippen molar-refractivity contribution in [2.45, 2.75) is 12.0 Å². The van der Waals surface area contributed by atoms with Crippen LogP contribution < -0.4 is 11.1 Å². The van der Waals surface area contributed by atoms with E-state index in [9.17, 15) is 0 Å². The van der Waals surface area contributed by atoms with Crippen molar-refractivity contribution < 1.29 is 4.74 Å². The van der Waals surface area contributed by atoms with E-state index in [-0.39, 0.29) is 5.54 Å². The second-order valence-corrected chi connectivity index (χ2v) is 5.05. The van der Waals surface area contributed by atoms with Crippen LogP contribution in [-0.2, 0) is 10.3 Å². The summed E-state index contributed by atoms with van der Waals surface area (Å²) in [6, 6.07) is 8.03. The predicted molar refractivity (Wildman–Crippen MR) is 67.2 cm³/mol. The van der Waals surface area contributed by atoms with Crippen molar-refractivity contribution in [3.05, 3.63) is 29.8 Å². The van der Waals surface area contributed by atoms with Crippen LogP contribution in [0.4, 0.5) is 5.69 Å². The van der Waals surface area contributed by atoms with Gasteiger partial charge in [-0.05, 0) is 24.1 Å². The standard InChI is InChI=1S/C12H14N2OS/c13-10-3-1-2-8(4-10)12-5-9(12)6-15-7-11(16)14-12/h1-4,9H,5-7,13H2,(H,14,16)/t9-,12-/m1/s1. The number of anilines is 1. The Kier molecular flexibility index (Phi) is 2.16. The molecule has 3 nitrogen and oxygen atoms in total. The molecule has 0 bridgehead atoms. The zero-order valence-electron chi connectivity index (χ0n) is 8.90. The molecule has 1 aromatic carbocycles. The second-order valence-electron chi connectivity index (χ2n) is 4.56. The van der Waals surface area contributed by atoms with E-state index >= 15 is 0 Å². The van der Waals surface area contributed by atoms with E-state index in [1.807, 2.05) is 18.2 Å². The lowest BCUT2D eigenvalue weighted by Crippen LogP contribution is -2.35. The second kappa shape index (κ2) is 3.43. The van der Waals surface area contributed by atoms with E-state index in [1.54, 1.807) is 0 Å². The number of rotatable bonds is 1. The van der Waals surface area contributed by atoms with Gasteiger partial charge in [0.05, 0.1) is 18.8 Å². The maximum absolute atomic E-state index is 5.82. The molecule has 0 amide bonds. The van der Waals surface area contributed by atoms with Gasteiger partial charge in [-0.3, -0.25) is 0 Å². The van der Waals surface area contributed by atoms with Crippen LogP contribution in [0.25, 0.3) is 0 Å². The molecule has 1 aliphatic heterocycles. The first-order chi connectivity index (χ1) is 7.71. The normalized spacial score (nSPS) is 32.5. The summed E-state index contributed by atoms with van der Waals surface area (Å²) < 4.78 is 5.50. The highest BCUT2D eigenvalue weighted by Gasteiger charge is 2.56. The number of nitrogen functional groups attached to an aromatic ring is 1. The van der Waals surface area contributed by atoms with Gasteiger partial charge in [0.25, 0.3) is 0 Å². The van der Waals surface area contributed by atoms with E-state index in [0.717, 1.165) is 23.7 Å². The van der Waals surface area contributed by atoms with Gasteiger partial charge >= 0.3 is 0 Å². The molecular weight excluding hydrogens is 220 g/mol. The Morgan fingerprint density at radius 2 is 2.38 bits per heavy atom. The third-order valence-corrected chi connectivity index (χ3v) is 3.64. The number of hydrogen-bond donors (Lipinski definition) is 2. The molecule has 0 radical (unpaired) electrons. The largest absolute Gasteiger partial charge is 0.399 e. The van der Waals surface area contributed by atoms with Crippen molar-refractivity contribution in [1.29, 1.82) is 0 Å². The zero-order chi connectivity index (χ0) is 11.2. The van der Waals surface area contributed by atoms with E-state index in [1.165, 1.54) is 5.56 Å². The first-order valence-corrected chi connectivity index (χ1v) is 5.86. The van der Waals surface area contributed by atoms with E-state index in [0.29, 0.717) is 12.5 Å². The first-order valence-electron chi connectivity index (χ1n) is 5.45. The summed E-state index contributed by atoms with van der Waals surface area (Å²) in [6.07, 6.45) is 1.08. The Balaban J connectivity index is 1.96. The Morgan fingerprint density at radius 3 is 3.19 bits per heavy atom. The monoisotopic (exact) mass is 234 g/mol. The van der Waals surface area contributed by atoms with Crippen molar-refractivity contribution >= 4 is 22.9 Å². The third kappa shape index (κ3) is 1.49. The van der Waals surface area contributed by atoms with E-state index in [2.05, 4.69) is 11.4 Å². The highest BCUT2D eigenvalue weighted by atomic mass is 32.1. The van der Waals surface area contributed by atoms with Crippen LogP contribution in [0.2, 0.25) is 0 Å². The third-order valence-electron chi connectivity index (χ3n) is 3.42. The highest BCUT2D eigenvalue weighted by Crippen LogP contribution is 2.53. The SMILES string of the molecule is Nc1cccc([C@]23C[C@@H]2COCC(=S)N3)c1. The topological polar surface area (TPSA) is 47.3 Å². The Bertz CT molecular complexity index is 448. The fraction of sp³-hybridized carbons (Fsp3) is 0.417. The van der Waals surface area contributed by atoms with Crippen LogP contribution in [0.15, 0.2) is 24.3 Å². The van der Waals surface area contributed by atoms with Crippen molar-refractivity contribution in [3.63, 3.8) is 0 Å². The van der Waals surface area contributed by atoms with Gasteiger partial charge in [-0.25, -0.2) is 0 Å². The van der Waals surface area contributed by atoms with E-state index < -0.39 is 0 Å². The Hall–Kier alpha value is -1.13. The Labute approximate surface area is 100.0 Å². The maximum atomic E-state index is 5.82. The van der Waals surface area contributed by atoms with Gasteiger partial charge in [0.1, 0.15) is 4.99 Å². The van der Waals surface area contributed by atoms with Gasteiger partial charge in [-0.15, -0.1) is 0 Å². The van der Waals surface area contributed by atoms with Crippen LogP contribution in [0.1, 0.15) is 12.0 Å². The maximum Gasteiger partial charge on any atom is 0.102 e. The molecule has 1 aliphatic carbocycles. The fourth-order valence-electron chi connectivity index (χ4n) is 2.50. The molecule has 1 aromatic rings. The van der Waals surface area contributed by atoms with Gasteiger partial charge in [0.15, 0.2) is 0 Å². The molecule has 3 rings (SSSR count). The summed E-state index contributed by atoms with van der Waals surface area (Å²) in [5.74, 6) is 0.523. The molecular formula is C12H14N2OS. The van der Waals surface area contributed by atoms with Gasteiger partial charge in [0.2, 0.25) is 0 Å². The van der Waals surface area contributed by atoms with Crippen LogP contribution in [-0.4, -0.2) is 18.2 Å². The lowest BCUT2D eigenvalue weighted by Gasteiger charge is -2.19. The number of fused-ring (bicyclic) bond motifs is 1. The number of nitrogens with one attached hydrogen (secondary N) is 1. The summed E-state index contributed by atoms with van der Waals surface area (Å²) in [6.45, 7) is 1.32. The molecule has 0 aromatic heterocycles. The minimum Gasteiger partial charge on any atom is -0.399 e. The summed E-state index contributed by atoms with van der Waals surface area (Å²) >= 11 is 5.23. The summed E-state index contributed by atoms with van der Waals surface area (Å²) in [4.78, 5) is 0.794. The van der Waals surface area contributed by atoms with E-state index in [4.69, 9.17) is 22.7 Å². The summed E-state index contributed by atoms with van der Waals surface area (Å²) in [7, 11) is 0. The minimum atomic E-state index is -0.0109. The van der Waals surface area contributed by atoms with Gasteiger partial charge in [0, 0.05) is 11.6 Å². The smallest absolute Gasteiger partial charge is 0.102 e. The van der Waals surface area contributed by atoms with Crippen LogP contribution in [0, 0.1) is 5.92 Å². The lowest BCUT2D eigenvalue weighted by atomic mass is 10.0. The number of benzene rings is 1. The quantitative estimate of drug-likeness (QED) is 0.570. The number of hydrogen-bond acceptors (Lipinski definition) is 3. The van der Waals surface area contributed by atoms with Crippen molar-refractivity contribution in [2.75, 3.05) is 18.9 Å². The molecule has 0 unspecified atom stereocenters. The predicted octanol–water partition coefficient (Wildman–Crippen LogP) is 1.43. The molecule has 1 heterocycles. The summed E-state index contributed by atoms with van der Waals surface area (Å²) in [5.41, 5.74) is 7.84. The molecule has 1 saturated carbocycles. The zero-order valence-corrected chi connectivity index (χ0v) is 9.72. The summed E-state index contributed by atoms with van der Waals surface area (Å²) in [5, 5.41) is 3.42. The average molecular weight is 234 g/mol. The highest BCUT2D eigenvalue weighted by molar-refractivity contribution is 7.80. The van der Waals surface area contributed by atoms with Crippen molar-refractivity contribution in [1.82, 2.24) is 5.32 Å². The van der Waals surface area contributed by atoms with Crippen molar-refractivity contribution in [2.24, 2.45) is 5.92 Å². The van der Waals surface area contributed by atoms with Crippen LogP contribution >= 0.6 is 12.2 Å². The van der Waals surface area contributed by atoms with Crippen molar-refractivity contribution in [3.8, 4) is 0 Å². The van der Waals surface area contributed by atoms with Crippen LogP contribution in [0.3, 0.4) is 0 Å². The molecule has 2 atom stereocenters. The van der Waals surface area contributed by atoms with Gasteiger partial charge < -0.3 is 15.8 Å². The molecule has 84 valence electrons. The first kappa shape index (κ1) is 10.1. The molecule has 1 saturated heterocycles. The minimum absolute atomic E-state index is 0.0109. The fourth-order valence-corrected chi connectivity index (χ4v) is 2.77. The number of ether oxygens (including phenoxy) is 1. The van der Waals surface area contributed by atoms with Crippen LogP contribution in [0.5, 0.6) is 0 Å². The molecule has 16 heavy (non-hydrogen) atoms.